The molecule has 2 amide bonds. The summed E-state index contributed by atoms with van der Waals surface area (Å²) in [7, 11) is 1.67. The molecule has 1 aromatic carbocycles. The number of hydrogen-bond acceptors (Lipinski definition) is 9. The number of rotatable bonds is 12. The molecule has 0 saturated heterocycles. The molecule has 0 radical (unpaired) electrons. The van der Waals surface area contributed by atoms with Crippen molar-refractivity contribution in [3.05, 3.63) is 65.0 Å². The lowest BCUT2D eigenvalue weighted by molar-refractivity contribution is -0.130. The van der Waals surface area contributed by atoms with E-state index in [4.69, 9.17) is 9.40 Å². The van der Waals surface area contributed by atoms with Crippen LogP contribution in [0.2, 0.25) is 0 Å². The number of anilines is 1. The summed E-state index contributed by atoms with van der Waals surface area (Å²) in [6.45, 7) is 12.4. The predicted molar refractivity (Wildman–Crippen MR) is 171 cm³/mol. The topological polar surface area (TPSA) is 149 Å². The normalized spacial score (nSPS) is 12.5. The van der Waals surface area contributed by atoms with Gasteiger partial charge in [0, 0.05) is 26.7 Å². The molecule has 0 aliphatic rings. The number of benzene rings is 1. The van der Waals surface area contributed by atoms with Crippen LogP contribution in [0.15, 0.2) is 59.0 Å². The maximum Gasteiger partial charge on any atom is 0.268 e. The minimum atomic E-state index is -0.844. The van der Waals surface area contributed by atoms with Gasteiger partial charge in [0.05, 0.1) is 38.1 Å². The molecule has 4 aromatic rings. The summed E-state index contributed by atoms with van der Waals surface area (Å²) in [6, 6.07) is 11.4. The van der Waals surface area contributed by atoms with Crippen LogP contribution in [0.25, 0.3) is 21.7 Å². The van der Waals surface area contributed by atoms with Gasteiger partial charge in [-0.1, -0.05) is 26.0 Å². The average molecular weight is 618 g/mol. The highest BCUT2D eigenvalue weighted by molar-refractivity contribution is 7.17. The number of carbonyl (C=O) groups excluding carboxylic acids is 2. The molecule has 4 rings (SSSR count). The van der Waals surface area contributed by atoms with Gasteiger partial charge in [0.15, 0.2) is 12.2 Å². The summed E-state index contributed by atoms with van der Waals surface area (Å²) < 4.78 is 7.25. The molecule has 0 fully saturated rings. The molecule has 44 heavy (non-hydrogen) atoms. The molecule has 3 heterocycles. The molecule has 3 aromatic heterocycles. The number of fused-ring (bicyclic) bond motifs is 1. The van der Waals surface area contributed by atoms with Crippen molar-refractivity contribution in [3.8, 4) is 16.7 Å². The first kappa shape index (κ1) is 32.6. The van der Waals surface area contributed by atoms with Gasteiger partial charge in [-0.2, -0.15) is 5.26 Å². The zero-order valence-corrected chi connectivity index (χ0v) is 27.0. The lowest BCUT2D eigenvalue weighted by Gasteiger charge is -2.36. The third-order valence-corrected chi connectivity index (χ3v) is 8.14. The van der Waals surface area contributed by atoms with Crippen LogP contribution in [0.5, 0.6) is 0 Å². The number of imidazole rings is 1. The Labute approximate surface area is 261 Å². The molecule has 0 bridgehead atoms. The van der Waals surface area contributed by atoms with Gasteiger partial charge in [-0.3, -0.25) is 14.9 Å². The van der Waals surface area contributed by atoms with Gasteiger partial charge in [-0.05, 0) is 63.4 Å². The van der Waals surface area contributed by atoms with E-state index in [0.29, 0.717) is 35.2 Å². The number of nitriles is 1. The number of nitrogens with one attached hydrogen (secondary N) is 2. The van der Waals surface area contributed by atoms with Crippen molar-refractivity contribution >= 4 is 40.1 Å². The lowest BCUT2D eigenvalue weighted by Crippen LogP contribution is -2.48. The molecule has 3 N–H and O–H groups in total. The van der Waals surface area contributed by atoms with E-state index in [9.17, 15) is 20.0 Å². The monoisotopic (exact) mass is 617 g/mol. The summed E-state index contributed by atoms with van der Waals surface area (Å²) in [6.07, 6.45) is 4.59. The third-order valence-electron chi connectivity index (χ3n) is 7.04. The SMILES string of the molecule is CC(C)C=C(C#N)C(=O)N(C)C(C)(C)Cn1c(NC(=O)c2ccc(-c3cnco3)s2)nc2cc(CNCC(C)(C)O)ccc21. The van der Waals surface area contributed by atoms with E-state index < -0.39 is 11.1 Å². The van der Waals surface area contributed by atoms with Crippen LogP contribution < -0.4 is 10.6 Å². The van der Waals surface area contributed by atoms with Crippen molar-refractivity contribution in [1.82, 2.24) is 24.8 Å². The fourth-order valence-corrected chi connectivity index (χ4v) is 5.44. The van der Waals surface area contributed by atoms with E-state index in [1.54, 1.807) is 50.2 Å². The Morgan fingerprint density at radius 2 is 1.98 bits per heavy atom. The molecule has 0 spiro atoms. The van der Waals surface area contributed by atoms with Crippen LogP contribution >= 0.6 is 11.3 Å². The van der Waals surface area contributed by atoms with Gasteiger partial charge in [0.2, 0.25) is 5.95 Å². The van der Waals surface area contributed by atoms with Crippen LogP contribution in [0.4, 0.5) is 5.95 Å². The molecule has 0 saturated carbocycles. The van der Waals surface area contributed by atoms with Gasteiger partial charge in [-0.15, -0.1) is 11.3 Å². The van der Waals surface area contributed by atoms with Gasteiger partial charge in [0.25, 0.3) is 11.8 Å². The molecule has 11 nitrogen and oxygen atoms in total. The molecule has 0 aliphatic heterocycles. The van der Waals surface area contributed by atoms with E-state index >= 15 is 0 Å². The van der Waals surface area contributed by atoms with Crippen LogP contribution in [-0.2, 0) is 17.9 Å². The standard InChI is InChI=1S/C32H39N7O4S/c1-20(2)12-22(14-33)29(41)38(7)31(3,4)18-39-24-9-8-21(15-34-17-32(5,6)42)13-23(24)36-30(39)37-28(40)27-11-10-26(44-27)25-16-35-19-43-25/h8-13,16,19-20,34,42H,15,17-18H2,1-7H3,(H,36,37,40). The number of aliphatic hydroxyl groups is 1. The second-order valence-corrected chi connectivity index (χ2v) is 13.4. The third kappa shape index (κ3) is 7.79. The number of thiophene rings is 1. The second-order valence-electron chi connectivity index (χ2n) is 12.4. The maximum atomic E-state index is 13.4. The first-order valence-electron chi connectivity index (χ1n) is 14.3. The fraction of sp³-hybridized carbons (Fsp3) is 0.406. The van der Waals surface area contributed by atoms with E-state index in [0.717, 1.165) is 16.0 Å². The summed E-state index contributed by atoms with van der Waals surface area (Å²) in [5, 5.41) is 25.9. The Morgan fingerprint density at radius 1 is 1.23 bits per heavy atom. The number of allylic oxidation sites excluding steroid dienone is 1. The summed E-state index contributed by atoms with van der Waals surface area (Å²) >= 11 is 1.28. The lowest BCUT2D eigenvalue weighted by atomic mass is 10.0. The molecule has 0 atom stereocenters. The Kier molecular flexibility index (Phi) is 9.73. The highest BCUT2D eigenvalue weighted by Gasteiger charge is 2.32. The molecule has 232 valence electrons. The van der Waals surface area contributed by atoms with E-state index in [2.05, 4.69) is 15.6 Å². The van der Waals surface area contributed by atoms with Gasteiger partial charge >= 0.3 is 0 Å². The van der Waals surface area contributed by atoms with Gasteiger partial charge in [0.1, 0.15) is 11.6 Å². The van der Waals surface area contributed by atoms with Crippen molar-refractivity contribution in [2.75, 3.05) is 18.9 Å². The van der Waals surface area contributed by atoms with Crippen molar-refractivity contribution in [2.45, 2.75) is 65.8 Å². The van der Waals surface area contributed by atoms with Crippen molar-refractivity contribution in [3.63, 3.8) is 0 Å². The number of nitrogens with zero attached hydrogens (tertiary/aromatic N) is 5. The smallest absolute Gasteiger partial charge is 0.268 e. The highest BCUT2D eigenvalue weighted by atomic mass is 32.1. The van der Waals surface area contributed by atoms with Crippen molar-refractivity contribution in [2.24, 2.45) is 5.92 Å². The van der Waals surface area contributed by atoms with Gasteiger partial charge in [-0.25, -0.2) is 9.97 Å². The minimum absolute atomic E-state index is 0.0403. The second kappa shape index (κ2) is 13.1. The zero-order valence-electron chi connectivity index (χ0n) is 26.1. The Morgan fingerprint density at radius 3 is 2.61 bits per heavy atom. The number of likely N-dealkylation sites (N-methyl/N-ethyl adjacent to an activating group) is 1. The first-order chi connectivity index (χ1) is 20.7. The number of amides is 2. The minimum Gasteiger partial charge on any atom is -0.443 e. The van der Waals surface area contributed by atoms with E-state index in [-0.39, 0.29) is 29.9 Å². The average Bonchev–Trinajstić information content (AvgIpc) is 3.71. The van der Waals surface area contributed by atoms with Crippen molar-refractivity contribution in [1.29, 1.82) is 5.26 Å². The number of aromatic nitrogens is 3. The molecular formula is C32H39N7O4S. The Balaban J connectivity index is 1.67. The molecular weight excluding hydrogens is 578 g/mol. The highest BCUT2D eigenvalue weighted by Crippen LogP contribution is 2.30. The van der Waals surface area contributed by atoms with Crippen molar-refractivity contribution < 1.29 is 19.1 Å². The Hall–Kier alpha value is -4.31. The maximum absolute atomic E-state index is 13.4. The van der Waals surface area contributed by atoms with Gasteiger partial charge < -0.3 is 24.3 Å². The zero-order chi connectivity index (χ0) is 32.2. The quantitative estimate of drug-likeness (QED) is 0.145. The van der Waals surface area contributed by atoms with Crippen LogP contribution in [0.1, 0.15) is 56.8 Å². The van der Waals surface area contributed by atoms with Crippen LogP contribution in [-0.4, -0.2) is 61.1 Å². The predicted octanol–water partition coefficient (Wildman–Crippen LogP) is 5.21. The number of hydrogen-bond donors (Lipinski definition) is 3. The molecule has 0 unspecified atom stereocenters. The summed E-state index contributed by atoms with van der Waals surface area (Å²) in [5.41, 5.74) is 0.868. The van der Waals surface area contributed by atoms with Crippen LogP contribution in [0.3, 0.4) is 0 Å². The number of carbonyl (C=O) groups is 2. The summed E-state index contributed by atoms with van der Waals surface area (Å²) in [4.78, 5) is 38.3. The largest absolute Gasteiger partial charge is 0.443 e. The first-order valence-corrected chi connectivity index (χ1v) is 15.1. The van der Waals surface area contributed by atoms with Crippen LogP contribution in [0, 0.1) is 17.2 Å². The Bertz CT molecular complexity index is 1700. The van der Waals surface area contributed by atoms with E-state index in [1.165, 1.54) is 17.7 Å². The fourth-order valence-electron chi connectivity index (χ4n) is 4.58. The summed E-state index contributed by atoms with van der Waals surface area (Å²) in [5.74, 6) is 0.231. The molecule has 12 heteroatoms. The number of oxazole rings is 1. The molecule has 0 aliphatic carbocycles. The van der Waals surface area contributed by atoms with E-state index in [1.807, 2.05) is 56.5 Å².